The Balaban J connectivity index is 1.27. The van der Waals surface area contributed by atoms with E-state index in [0.717, 1.165) is 48.3 Å². The van der Waals surface area contributed by atoms with Crippen LogP contribution < -0.4 is 15.0 Å². The van der Waals surface area contributed by atoms with Crippen LogP contribution in [0.5, 0.6) is 11.6 Å². The van der Waals surface area contributed by atoms with Crippen molar-refractivity contribution in [1.82, 2.24) is 29.7 Å². The fourth-order valence-electron chi connectivity index (χ4n) is 6.36. The molecule has 44 heavy (non-hydrogen) atoms. The van der Waals surface area contributed by atoms with Crippen molar-refractivity contribution in [1.29, 1.82) is 0 Å². The molecule has 11 heteroatoms. The smallest absolute Gasteiger partial charge is 0.255 e. The van der Waals surface area contributed by atoms with E-state index in [9.17, 15) is 9.59 Å². The second-order valence-electron chi connectivity index (χ2n) is 11.4. The maximum Gasteiger partial charge on any atom is 0.255 e. The van der Waals surface area contributed by atoms with Crippen LogP contribution in [0.25, 0.3) is 33.1 Å². The van der Waals surface area contributed by atoms with Crippen molar-refractivity contribution < 1.29 is 19.0 Å². The number of hydrogen-bond donors (Lipinski definition) is 2. The Labute approximate surface area is 253 Å². The van der Waals surface area contributed by atoms with Crippen molar-refractivity contribution in [3.05, 3.63) is 82.5 Å². The molecule has 2 aromatic carbocycles. The van der Waals surface area contributed by atoms with Crippen molar-refractivity contribution in [2.75, 3.05) is 53.6 Å². The van der Waals surface area contributed by atoms with Gasteiger partial charge >= 0.3 is 0 Å². The summed E-state index contributed by atoms with van der Waals surface area (Å²) in [6, 6.07) is 16.2. The molecule has 7 rings (SSSR count). The highest BCUT2D eigenvalue weighted by Gasteiger charge is 2.36. The summed E-state index contributed by atoms with van der Waals surface area (Å²) in [5, 5.41) is 1.61. The van der Waals surface area contributed by atoms with Gasteiger partial charge in [0.2, 0.25) is 11.4 Å². The van der Waals surface area contributed by atoms with Crippen LogP contribution in [0.15, 0.2) is 65.6 Å². The molecule has 5 heterocycles. The van der Waals surface area contributed by atoms with Crippen LogP contribution in [-0.2, 0) is 4.74 Å². The van der Waals surface area contributed by atoms with Crippen molar-refractivity contribution in [3.8, 4) is 22.9 Å². The molecule has 3 aromatic heterocycles. The predicted octanol–water partition coefficient (Wildman–Crippen LogP) is 4.02. The van der Waals surface area contributed by atoms with Gasteiger partial charge < -0.3 is 29.1 Å². The Morgan fingerprint density at radius 2 is 1.95 bits per heavy atom. The Hall–Kier alpha value is -4.74. The number of methoxy groups -OCH3 is 2. The molecule has 2 fully saturated rings. The van der Waals surface area contributed by atoms with Gasteiger partial charge in [0, 0.05) is 55.1 Å². The number of imidazole rings is 1. The lowest BCUT2D eigenvalue weighted by Crippen LogP contribution is -2.52. The van der Waals surface area contributed by atoms with Crippen LogP contribution in [0.2, 0.25) is 0 Å². The van der Waals surface area contributed by atoms with Crippen molar-refractivity contribution in [3.63, 3.8) is 0 Å². The Morgan fingerprint density at radius 3 is 2.77 bits per heavy atom. The van der Waals surface area contributed by atoms with Gasteiger partial charge in [0.15, 0.2) is 0 Å². The van der Waals surface area contributed by atoms with Crippen molar-refractivity contribution in [2.24, 2.45) is 5.92 Å². The lowest BCUT2D eigenvalue weighted by molar-refractivity contribution is 0.0395. The second kappa shape index (κ2) is 11.7. The van der Waals surface area contributed by atoms with E-state index in [2.05, 4.69) is 14.9 Å². The molecule has 2 aliphatic rings. The molecule has 0 radical (unpaired) electrons. The third-order valence-corrected chi connectivity index (χ3v) is 8.63. The lowest BCUT2D eigenvalue weighted by Gasteiger charge is -2.41. The average molecular weight is 595 g/mol. The molecular formula is C33H34N6O5. The molecule has 226 valence electrons. The standard InChI is InChI=1S/C33H34N6O5/c1-42-22-7-8-27-23(14-22)24(15-30(40)35-27)33(41)39-11-10-38(17-20-9-12-44-19-20)18-29(39)31-34-16-28(36-31)25-13-21-5-3-4-6-26(21)37-32(25)43-2/h3-8,13-16,20,29H,9-12,17-19H2,1-2H3,(H,34,36)(H,35,40). The van der Waals surface area contributed by atoms with Crippen LogP contribution >= 0.6 is 0 Å². The number of aromatic nitrogens is 4. The number of fused-ring (bicyclic) bond motifs is 2. The summed E-state index contributed by atoms with van der Waals surface area (Å²) in [7, 11) is 3.18. The van der Waals surface area contributed by atoms with E-state index >= 15 is 0 Å². The maximum atomic E-state index is 14.3. The monoisotopic (exact) mass is 594 g/mol. The number of H-pyrrole nitrogens is 2. The molecule has 0 spiro atoms. The zero-order valence-corrected chi connectivity index (χ0v) is 24.7. The summed E-state index contributed by atoms with van der Waals surface area (Å²) < 4.78 is 16.7. The maximum absolute atomic E-state index is 14.3. The number of piperazine rings is 1. The summed E-state index contributed by atoms with van der Waals surface area (Å²) >= 11 is 0. The SMILES string of the molecule is COc1ccc2[nH]c(=O)cc(C(=O)N3CCN(CC4CCOC4)CC3c3ncc(-c4cc5ccccc5nc4OC)[nH]3)c2c1. The van der Waals surface area contributed by atoms with Crippen LogP contribution in [0.1, 0.15) is 28.6 Å². The van der Waals surface area contributed by atoms with Gasteiger partial charge in [-0.15, -0.1) is 0 Å². The van der Waals surface area contributed by atoms with E-state index in [1.54, 1.807) is 38.6 Å². The number of carbonyl (C=O) groups excluding carboxylic acids is 1. The molecule has 11 nitrogen and oxygen atoms in total. The molecule has 2 unspecified atom stereocenters. The molecule has 2 atom stereocenters. The number of rotatable bonds is 7. The number of nitrogens with zero attached hydrogens (tertiary/aromatic N) is 4. The molecule has 2 N–H and O–H groups in total. The second-order valence-corrected chi connectivity index (χ2v) is 11.4. The Bertz CT molecular complexity index is 1900. The van der Waals surface area contributed by atoms with Gasteiger partial charge in [0.25, 0.3) is 5.91 Å². The van der Waals surface area contributed by atoms with Crippen LogP contribution in [0.3, 0.4) is 0 Å². The summed E-state index contributed by atoms with van der Waals surface area (Å²) in [6.45, 7) is 4.21. The first-order valence-corrected chi connectivity index (χ1v) is 14.8. The highest BCUT2D eigenvalue weighted by atomic mass is 16.5. The van der Waals surface area contributed by atoms with E-state index < -0.39 is 0 Å². The van der Waals surface area contributed by atoms with Gasteiger partial charge in [-0.1, -0.05) is 18.2 Å². The first kappa shape index (κ1) is 28.1. The van der Waals surface area contributed by atoms with Gasteiger partial charge in [-0.2, -0.15) is 0 Å². The third-order valence-electron chi connectivity index (χ3n) is 8.63. The minimum absolute atomic E-state index is 0.230. The number of ether oxygens (including phenoxy) is 3. The molecule has 2 aliphatic heterocycles. The molecule has 2 saturated heterocycles. The molecule has 0 aliphatic carbocycles. The normalized spacial score (nSPS) is 19.1. The number of aromatic amines is 2. The minimum atomic E-state index is -0.383. The van der Waals surface area contributed by atoms with Crippen LogP contribution in [-0.4, -0.2) is 89.3 Å². The summed E-state index contributed by atoms with van der Waals surface area (Å²) in [4.78, 5) is 47.0. The zero-order chi connectivity index (χ0) is 30.2. The summed E-state index contributed by atoms with van der Waals surface area (Å²) in [5.41, 5.74) is 2.94. The summed E-state index contributed by atoms with van der Waals surface area (Å²) in [6.07, 6.45) is 2.80. The van der Waals surface area contributed by atoms with Crippen LogP contribution in [0.4, 0.5) is 0 Å². The van der Waals surface area contributed by atoms with E-state index in [1.165, 1.54) is 6.07 Å². The highest BCUT2D eigenvalue weighted by Crippen LogP contribution is 2.34. The fraction of sp³-hybridized carbons (Fsp3) is 0.333. The van der Waals surface area contributed by atoms with Gasteiger partial charge in [0.1, 0.15) is 17.6 Å². The highest BCUT2D eigenvalue weighted by molar-refractivity contribution is 6.06. The third kappa shape index (κ3) is 5.29. The molecule has 1 amide bonds. The van der Waals surface area contributed by atoms with Crippen LogP contribution in [0, 0.1) is 5.92 Å². The first-order valence-electron chi connectivity index (χ1n) is 14.8. The van der Waals surface area contributed by atoms with Gasteiger partial charge in [-0.05, 0) is 42.7 Å². The number of carbonyl (C=O) groups is 1. The number of pyridine rings is 2. The quantitative estimate of drug-likeness (QED) is 0.290. The van der Waals surface area contributed by atoms with Gasteiger partial charge in [-0.3, -0.25) is 14.5 Å². The van der Waals surface area contributed by atoms with E-state index in [4.69, 9.17) is 24.2 Å². The zero-order valence-electron chi connectivity index (χ0n) is 24.7. The van der Waals surface area contributed by atoms with Gasteiger partial charge in [-0.25, -0.2) is 9.97 Å². The van der Waals surface area contributed by atoms with E-state index in [0.29, 0.717) is 59.5 Å². The number of amides is 1. The molecule has 5 aromatic rings. The van der Waals surface area contributed by atoms with E-state index in [1.807, 2.05) is 35.2 Å². The fourth-order valence-corrected chi connectivity index (χ4v) is 6.36. The number of benzene rings is 2. The molecule has 0 saturated carbocycles. The van der Waals surface area contributed by atoms with Crippen molar-refractivity contribution >= 4 is 27.7 Å². The topological polar surface area (TPSA) is 126 Å². The summed E-state index contributed by atoms with van der Waals surface area (Å²) in [5.74, 6) is 1.98. The predicted molar refractivity (Wildman–Crippen MR) is 166 cm³/mol. The van der Waals surface area contributed by atoms with Gasteiger partial charge in [0.05, 0.1) is 49.4 Å². The lowest BCUT2D eigenvalue weighted by atomic mass is 10.0. The largest absolute Gasteiger partial charge is 0.497 e. The minimum Gasteiger partial charge on any atom is -0.497 e. The van der Waals surface area contributed by atoms with E-state index in [-0.39, 0.29) is 17.5 Å². The van der Waals surface area contributed by atoms with Crippen molar-refractivity contribution in [2.45, 2.75) is 12.5 Å². The number of para-hydroxylation sites is 1. The Morgan fingerprint density at radius 1 is 1.07 bits per heavy atom. The molecule has 0 bridgehead atoms. The number of nitrogens with one attached hydrogen (secondary N) is 2. The Kier molecular flexibility index (Phi) is 7.49. The molecular weight excluding hydrogens is 560 g/mol. The first-order chi connectivity index (χ1) is 21.5. The average Bonchev–Trinajstić information content (AvgIpc) is 3.76. The number of hydrogen-bond acceptors (Lipinski definition) is 8.